The third kappa shape index (κ3) is 6.10. The van der Waals surface area contributed by atoms with Crippen molar-refractivity contribution in [1.82, 2.24) is 0 Å². The van der Waals surface area contributed by atoms with E-state index in [1.165, 1.54) is 12.8 Å². The van der Waals surface area contributed by atoms with Crippen LogP contribution in [0.1, 0.15) is 33.6 Å². The van der Waals surface area contributed by atoms with Crippen LogP contribution in [0.4, 0.5) is 0 Å². The van der Waals surface area contributed by atoms with Gasteiger partial charge in [-0.1, -0.05) is 45.7 Å². The van der Waals surface area contributed by atoms with Crippen LogP contribution in [0.5, 0.6) is 0 Å². The summed E-state index contributed by atoms with van der Waals surface area (Å²) in [6.07, 6.45) is 2.80. The molecule has 0 bridgehead atoms. The highest BCUT2D eigenvalue weighted by Crippen LogP contribution is 2.07. The Morgan fingerprint density at radius 3 is 2.44 bits per heavy atom. The summed E-state index contributed by atoms with van der Waals surface area (Å²) in [5.74, 6) is 1.02. The second-order valence-corrected chi connectivity index (χ2v) is 5.00. The summed E-state index contributed by atoms with van der Waals surface area (Å²) in [5, 5.41) is 0. The van der Waals surface area contributed by atoms with Gasteiger partial charge in [-0.3, -0.25) is 0 Å². The summed E-state index contributed by atoms with van der Waals surface area (Å²) in [4.78, 5) is 0. The van der Waals surface area contributed by atoms with Gasteiger partial charge in [0.15, 0.2) is 0 Å². The smallest absolute Gasteiger partial charge is 0.0200 e. The maximum absolute atomic E-state index is 2.38. The topological polar surface area (TPSA) is 0 Å². The SMILES string of the molecule is CCC[SiH2]C[C@@H](C)CC. The van der Waals surface area contributed by atoms with Gasteiger partial charge in [0, 0.05) is 9.52 Å². The van der Waals surface area contributed by atoms with Gasteiger partial charge in [0.25, 0.3) is 0 Å². The highest BCUT2D eigenvalue weighted by molar-refractivity contribution is 6.35. The Hall–Kier alpha value is 0.217. The van der Waals surface area contributed by atoms with Gasteiger partial charge in [-0.25, -0.2) is 0 Å². The molecule has 1 heteroatoms. The normalized spacial score (nSPS) is 15.0. The van der Waals surface area contributed by atoms with Gasteiger partial charge in [-0.2, -0.15) is 0 Å². The largest absolute Gasteiger partial charge is 0.0657 e. The van der Waals surface area contributed by atoms with Crippen molar-refractivity contribution in [2.24, 2.45) is 5.92 Å². The van der Waals surface area contributed by atoms with Crippen LogP contribution in [0.15, 0.2) is 0 Å². The molecule has 0 aliphatic rings. The van der Waals surface area contributed by atoms with Crippen molar-refractivity contribution in [1.29, 1.82) is 0 Å². The van der Waals surface area contributed by atoms with Crippen LogP contribution in [-0.2, 0) is 0 Å². The van der Waals surface area contributed by atoms with E-state index in [1.807, 2.05) is 0 Å². The molecule has 0 aliphatic heterocycles. The zero-order valence-electron chi connectivity index (χ0n) is 7.11. The fourth-order valence-electron chi connectivity index (χ4n) is 0.947. The predicted molar refractivity (Wildman–Crippen MR) is 47.9 cm³/mol. The Labute approximate surface area is 61.9 Å². The molecule has 0 radical (unpaired) electrons. The Morgan fingerprint density at radius 1 is 1.33 bits per heavy atom. The van der Waals surface area contributed by atoms with Crippen molar-refractivity contribution in [3.05, 3.63) is 0 Å². The summed E-state index contributed by atoms with van der Waals surface area (Å²) in [6.45, 7) is 6.97. The first-order valence-corrected chi connectivity index (χ1v) is 6.31. The predicted octanol–water partition coefficient (Wildman–Crippen LogP) is 2.45. The minimum Gasteiger partial charge on any atom is -0.0657 e. The van der Waals surface area contributed by atoms with Crippen LogP contribution in [-0.4, -0.2) is 9.52 Å². The average Bonchev–Trinajstić information content (AvgIpc) is 1.89. The Balaban J connectivity index is 2.88. The molecule has 0 rings (SSSR count). The van der Waals surface area contributed by atoms with E-state index < -0.39 is 0 Å². The Kier molecular flexibility index (Phi) is 6.49. The maximum atomic E-state index is 2.38. The zero-order valence-corrected chi connectivity index (χ0v) is 8.53. The first-order valence-electron chi connectivity index (χ1n) is 4.31. The van der Waals surface area contributed by atoms with Crippen molar-refractivity contribution in [2.75, 3.05) is 0 Å². The molecule has 0 saturated carbocycles. The molecule has 56 valence electrons. The van der Waals surface area contributed by atoms with Crippen LogP contribution in [0, 0.1) is 5.92 Å². The minimum absolute atomic E-state index is 0.353. The second kappa shape index (κ2) is 6.34. The Bertz CT molecular complexity index is 52.5. The van der Waals surface area contributed by atoms with Gasteiger partial charge in [0.2, 0.25) is 0 Å². The van der Waals surface area contributed by atoms with Gasteiger partial charge in [-0.15, -0.1) is 0 Å². The first-order chi connectivity index (χ1) is 4.31. The molecular weight excluding hydrogens is 124 g/mol. The third-order valence-corrected chi connectivity index (χ3v) is 4.60. The number of rotatable bonds is 5. The lowest BCUT2D eigenvalue weighted by molar-refractivity contribution is 0.621. The maximum Gasteiger partial charge on any atom is 0.0200 e. The van der Waals surface area contributed by atoms with Crippen LogP contribution >= 0.6 is 0 Å². The molecule has 0 aromatic carbocycles. The van der Waals surface area contributed by atoms with Crippen LogP contribution < -0.4 is 0 Å². The van der Waals surface area contributed by atoms with E-state index in [2.05, 4.69) is 20.8 Å². The van der Waals surface area contributed by atoms with Crippen molar-refractivity contribution >= 4 is 9.52 Å². The van der Waals surface area contributed by atoms with Gasteiger partial charge >= 0.3 is 0 Å². The molecule has 9 heavy (non-hydrogen) atoms. The monoisotopic (exact) mass is 144 g/mol. The second-order valence-electron chi connectivity index (χ2n) is 3.01. The Morgan fingerprint density at radius 2 is 2.00 bits per heavy atom. The number of hydrogen-bond acceptors (Lipinski definition) is 0. The molecule has 0 aliphatic carbocycles. The van der Waals surface area contributed by atoms with E-state index in [0.29, 0.717) is 9.52 Å². The van der Waals surface area contributed by atoms with E-state index in [0.717, 1.165) is 5.92 Å². The standard InChI is InChI=1S/C8H20Si/c1-4-6-9-7-8(3)5-2/h8H,4-7,9H2,1-3H3/t8-/m0/s1. The summed E-state index contributed by atoms with van der Waals surface area (Å²) < 4.78 is 0. The molecule has 0 heterocycles. The fourth-order valence-corrected chi connectivity index (χ4v) is 2.84. The molecule has 0 N–H and O–H groups in total. The molecular formula is C8H20Si. The van der Waals surface area contributed by atoms with Crippen molar-refractivity contribution in [3.8, 4) is 0 Å². The highest BCUT2D eigenvalue weighted by atomic mass is 28.2. The highest BCUT2D eigenvalue weighted by Gasteiger charge is 1.96. The van der Waals surface area contributed by atoms with E-state index >= 15 is 0 Å². The van der Waals surface area contributed by atoms with Gasteiger partial charge in [0.05, 0.1) is 0 Å². The fraction of sp³-hybridized carbons (Fsp3) is 1.00. The van der Waals surface area contributed by atoms with Crippen LogP contribution in [0.25, 0.3) is 0 Å². The van der Waals surface area contributed by atoms with E-state index in [4.69, 9.17) is 0 Å². The van der Waals surface area contributed by atoms with Crippen LogP contribution in [0.2, 0.25) is 12.1 Å². The molecule has 0 spiro atoms. The molecule has 0 aromatic heterocycles. The van der Waals surface area contributed by atoms with E-state index in [9.17, 15) is 0 Å². The molecule has 0 aromatic rings. The summed E-state index contributed by atoms with van der Waals surface area (Å²) >= 11 is 0. The lowest BCUT2D eigenvalue weighted by Crippen LogP contribution is -1.97. The average molecular weight is 144 g/mol. The molecule has 1 atom stereocenters. The minimum atomic E-state index is 0.353. The summed E-state index contributed by atoms with van der Waals surface area (Å²) in [6, 6.07) is 3.13. The van der Waals surface area contributed by atoms with E-state index in [1.54, 1.807) is 12.1 Å². The molecule has 0 fully saturated rings. The molecule has 0 unspecified atom stereocenters. The van der Waals surface area contributed by atoms with Crippen molar-refractivity contribution in [3.63, 3.8) is 0 Å². The molecule has 0 nitrogen and oxygen atoms in total. The first kappa shape index (κ1) is 9.22. The van der Waals surface area contributed by atoms with Crippen molar-refractivity contribution < 1.29 is 0 Å². The number of hydrogen-bond donors (Lipinski definition) is 0. The third-order valence-electron chi connectivity index (χ3n) is 2.00. The van der Waals surface area contributed by atoms with Gasteiger partial charge < -0.3 is 0 Å². The van der Waals surface area contributed by atoms with Crippen molar-refractivity contribution in [2.45, 2.75) is 45.7 Å². The summed E-state index contributed by atoms with van der Waals surface area (Å²) in [7, 11) is 0.353. The molecule has 0 saturated heterocycles. The van der Waals surface area contributed by atoms with Gasteiger partial charge in [0.1, 0.15) is 0 Å². The van der Waals surface area contributed by atoms with Gasteiger partial charge in [-0.05, 0) is 5.92 Å². The van der Waals surface area contributed by atoms with E-state index in [-0.39, 0.29) is 0 Å². The molecule has 0 amide bonds. The zero-order chi connectivity index (χ0) is 7.11. The lowest BCUT2D eigenvalue weighted by atomic mass is 10.2. The lowest BCUT2D eigenvalue weighted by Gasteiger charge is -2.04. The summed E-state index contributed by atoms with van der Waals surface area (Å²) in [5.41, 5.74) is 0. The van der Waals surface area contributed by atoms with Crippen LogP contribution in [0.3, 0.4) is 0 Å². The quantitative estimate of drug-likeness (QED) is 0.411.